The van der Waals surface area contributed by atoms with Crippen molar-refractivity contribution in [2.45, 2.75) is 31.5 Å². The van der Waals surface area contributed by atoms with Crippen LogP contribution in [0.25, 0.3) is 5.57 Å². The third-order valence-corrected chi connectivity index (χ3v) is 7.12. The quantitative estimate of drug-likeness (QED) is 0.531. The average molecular weight is 477 g/mol. The maximum atomic E-state index is 11.2. The number of hydrogen-bond donors (Lipinski definition) is 1. The number of aliphatic hydroxyl groups is 1. The summed E-state index contributed by atoms with van der Waals surface area (Å²) < 4.78 is 11.5. The third kappa shape index (κ3) is 4.69. The molecule has 5 rings (SSSR count). The Morgan fingerprint density at radius 3 is 2.71 bits per heavy atom. The summed E-state index contributed by atoms with van der Waals surface area (Å²) in [5, 5.41) is 11.9. The summed E-state index contributed by atoms with van der Waals surface area (Å²) in [5.74, 6) is 1.59. The van der Waals surface area contributed by atoms with Gasteiger partial charge < -0.3 is 19.5 Å². The fraction of sp³-hybridized carbons (Fsp3) is 0.321. The highest BCUT2D eigenvalue weighted by molar-refractivity contribution is 6.30. The first-order valence-corrected chi connectivity index (χ1v) is 12.1. The highest BCUT2D eigenvalue weighted by Gasteiger charge is 2.33. The Hall–Kier alpha value is -2.86. The molecule has 1 aromatic heterocycles. The van der Waals surface area contributed by atoms with Gasteiger partial charge in [0.2, 0.25) is 0 Å². The van der Waals surface area contributed by atoms with Crippen LogP contribution in [0.5, 0.6) is 11.5 Å². The van der Waals surface area contributed by atoms with Crippen LogP contribution in [0.3, 0.4) is 0 Å². The molecule has 2 aliphatic rings. The molecule has 2 aromatic carbocycles. The molecule has 5 nitrogen and oxygen atoms in total. The molecule has 3 heterocycles. The molecule has 0 spiro atoms. The number of benzene rings is 2. The van der Waals surface area contributed by atoms with Crippen LogP contribution in [0, 0.1) is 0 Å². The van der Waals surface area contributed by atoms with Crippen molar-refractivity contribution in [3.63, 3.8) is 0 Å². The summed E-state index contributed by atoms with van der Waals surface area (Å²) >= 11 is 6.02. The van der Waals surface area contributed by atoms with Gasteiger partial charge in [-0.15, -0.1) is 0 Å². The lowest BCUT2D eigenvalue weighted by Gasteiger charge is -2.38. The number of pyridine rings is 1. The monoisotopic (exact) mass is 476 g/mol. The fourth-order valence-corrected chi connectivity index (χ4v) is 4.97. The molecule has 0 saturated carbocycles. The van der Waals surface area contributed by atoms with E-state index in [0.717, 1.165) is 65.5 Å². The van der Waals surface area contributed by atoms with Crippen molar-refractivity contribution in [3.8, 4) is 11.5 Å². The number of halogens is 1. The second-order valence-corrected chi connectivity index (χ2v) is 9.38. The van der Waals surface area contributed by atoms with E-state index in [2.05, 4.69) is 23.1 Å². The van der Waals surface area contributed by atoms with Gasteiger partial charge in [-0.05, 0) is 55.2 Å². The molecular formula is C28H29ClN2O3. The second-order valence-electron chi connectivity index (χ2n) is 8.95. The molecule has 0 amide bonds. The standard InChI is InChI=1S/C28H29ClN2O3/c1-33-23-10-11-24-25(27-20(4-2-14-30-27)19-34-26(24)18-23)5-3-15-31-16-12-28(32,13-17-31)21-6-8-22(29)9-7-21/h2,4-11,14,18,32H,3,12-13,15-17,19H2,1H3/b25-5-. The van der Waals surface area contributed by atoms with E-state index in [1.54, 1.807) is 7.11 Å². The smallest absolute Gasteiger partial charge is 0.131 e. The SMILES string of the molecule is COc1ccc2c(c1)OCc1cccnc1/C2=C\CCN1CCC(O)(c2ccc(Cl)cc2)CC1. The van der Waals surface area contributed by atoms with Gasteiger partial charge in [0, 0.05) is 53.6 Å². The Balaban J connectivity index is 1.30. The number of methoxy groups -OCH3 is 1. The molecule has 6 heteroatoms. The number of ether oxygens (including phenoxy) is 2. The van der Waals surface area contributed by atoms with E-state index in [1.165, 1.54) is 0 Å². The first kappa shape index (κ1) is 22.9. The van der Waals surface area contributed by atoms with E-state index < -0.39 is 5.60 Å². The minimum atomic E-state index is -0.779. The zero-order chi connectivity index (χ0) is 23.5. The number of rotatable bonds is 5. The van der Waals surface area contributed by atoms with Crippen LogP contribution in [0.15, 0.2) is 66.9 Å². The molecule has 1 N–H and O–H groups in total. The van der Waals surface area contributed by atoms with E-state index in [-0.39, 0.29) is 0 Å². The number of likely N-dealkylation sites (tertiary alicyclic amines) is 1. The van der Waals surface area contributed by atoms with Gasteiger partial charge in [-0.1, -0.05) is 35.9 Å². The van der Waals surface area contributed by atoms with Crippen LogP contribution in [0.1, 0.15) is 41.6 Å². The highest BCUT2D eigenvalue weighted by atomic mass is 35.5. The number of hydrogen-bond acceptors (Lipinski definition) is 5. The van der Waals surface area contributed by atoms with Gasteiger partial charge >= 0.3 is 0 Å². The summed E-state index contributed by atoms with van der Waals surface area (Å²) in [6.45, 7) is 3.12. The van der Waals surface area contributed by atoms with E-state index >= 15 is 0 Å². The zero-order valence-corrected chi connectivity index (χ0v) is 20.1. The van der Waals surface area contributed by atoms with Crippen LogP contribution in [0.2, 0.25) is 5.02 Å². The van der Waals surface area contributed by atoms with E-state index in [0.29, 0.717) is 24.5 Å². The van der Waals surface area contributed by atoms with Crippen molar-refractivity contribution in [2.24, 2.45) is 0 Å². The van der Waals surface area contributed by atoms with Gasteiger partial charge in [0.05, 0.1) is 18.4 Å². The molecule has 1 saturated heterocycles. The molecule has 176 valence electrons. The molecule has 0 atom stereocenters. The zero-order valence-electron chi connectivity index (χ0n) is 19.3. The van der Waals surface area contributed by atoms with Gasteiger partial charge in [0.1, 0.15) is 18.1 Å². The lowest BCUT2D eigenvalue weighted by molar-refractivity contribution is -0.0254. The minimum absolute atomic E-state index is 0.482. The van der Waals surface area contributed by atoms with Gasteiger partial charge in [0.25, 0.3) is 0 Å². The van der Waals surface area contributed by atoms with Crippen LogP contribution >= 0.6 is 11.6 Å². The summed E-state index contributed by atoms with van der Waals surface area (Å²) in [4.78, 5) is 7.11. The van der Waals surface area contributed by atoms with Gasteiger partial charge in [-0.3, -0.25) is 4.98 Å². The predicted molar refractivity (Wildman–Crippen MR) is 134 cm³/mol. The molecule has 3 aromatic rings. The third-order valence-electron chi connectivity index (χ3n) is 6.87. The summed E-state index contributed by atoms with van der Waals surface area (Å²) in [5.41, 5.74) is 4.36. The lowest BCUT2D eigenvalue weighted by atomic mass is 9.84. The van der Waals surface area contributed by atoms with Gasteiger partial charge in [-0.25, -0.2) is 0 Å². The topological polar surface area (TPSA) is 54.8 Å². The Morgan fingerprint density at radius 1 is 1.15 bits per heavy atom. The normalized spacial score (nSPS) is 18.5. The predicted octanol–water partition coefficient (Wildman–Crippen LogP) is 5.44. The molecule has 0 radical (unpaired) electrons. The van der Waals surface area contributed by atoms with Crippen LogP contribution in [-0.4, -0.2) is 41.7 Å². The molecule has 0 unspecified atom stereocenters. The Bertz CT molecular complexity index is 1180. The second kappa shape index (κ2) is 9.79. The first-order valence-electron chi connectivity index (χ1n) is 11.7. The minimum Gasteiger partial charge on any atom is -0.497 e. The fourth-order valence-electron chi connectivity index (χ4n) is 4.85. The molecule has 0 bridgehead atoms. The summed E-state index contributed by atoms with van der Waals surface area (Å²) in [6, 6.07) is 17.6. The number of fused-ring (bicyclic) bond motifs is 2. The number of aromatic nitrogens is 1. The molecule has 2 aliphatic heterocycles. The average Bonchev–Trinajstić information content (AvgIpc) is 3.02. The lowest BCUT2D eigenvalue weighted by Crippen LogP contribution is -2.42. The van der Waals surface area contributed by atoms with Crippen LogP contribution in [-0.2, 0) is 12.2 Å². The van der Waals surface area contributed by atoms with Crippen molar-refractivity contribution in [1.29, 1.82) is 0 Å². The van der Waals surface area contributed by atoms with Crippen molar-refractivity contribution in [1.82, 2.24) is 9.88 Å². The Kier molecular flexibility index (Phi) is 6.59. The van der Waals surface area contributed by atoms with Crippen molar-refractivity contribution in [3.05, 3.63) is 94.3 Å². The van der Waals surface area contributed by atoms with Crippen molar-refractivity contribution in [2.75, 3.05) is 26.7 Å². The molecule has 1 fully saturated rings. The highest BCUT2D eigenvalue weighted by Crippen LogP contribution is 2.38. The van der Waals surface area contributed by atoms with Gasteiger partial charge in [0.15, 0.2) is 0 Å². The van der Waals surface area contributed by atoms with Crippen LogP contribution in [0.4, 0.5) is 0 Å². The largest absolute Gasteiger partial charge is 0.497 e. The van der Waals surface area contributed by atoms with E-state index in [4.69, 9.17) is 26.1 Å². The van der Waals surface area contributed by atoms with Crippen molar-refractivity contribution >= 4 is 17.2 Å². The number of nitrogens with zero attached hydrogens (tertiary/aromatic N) is 2. The molecule has 34 heavy (non-hydrogen) atoms. The Morgan fingerprint density at radius 2 is 1.94 bits per heavy atom. The van der Waals surface area contributed by atoms with E-state index in [9.17, 15) is 5.11 Å². The summed E-state index contributed by atoms with van der Waals surface area (Å²) in [6.07, 6.45) is 6.42. The van der Waals surface area contributed by atoms with Crippen LogP contribution < -0.4 is 9.47 Å². The van der Waals surface area contributed by atoms with Crippen molar-refractivity contribution < 1.29 is 14.6 Å². The van der Waals surface area contributed by atoms with Gasteiger partial charge in [-0.2, -0.15) is 0 Å². The first-order chi connectivity index (χ1) is 16.6. The maximum absolute atomic E-state index is 11.2. The van der Waals surface area contributed by atoms with E-state index in [1.807, 2.05) is 48.7 Å². The summed E-state index contributed by atoms with van der Waals surface area (Å²) in [7, 11) is 1.66. The Labute approximate surface area is 205 Å². The number of piperidine rings is 1. The molecular weight excluding hydrogens is 448 g/mol. The molecule has 0 aliphatic carbocycles. The maximum Gasteiger partial charge on any atom is 0.131 e.